The monoisotopic (exact) mass is 210 g/mol. The Morgan fingerprint density at radius 2 is 1.93 bits per heavy atom. The first-order valence-corrected chi connectivity index (χ1v) is 4.74. The molecule has 4 heteroatoms. The largest absolute Gasteiger partial charge is 0.287 e. The van der Waals surface area contributed by atoms with Gasteiger partial charge in [-0.25, -0.2) is 9.82 Å². The number of nitrogens with one attached hydrogen (secondary N) is 2. The van der Waals surface area contributed by atoms with Crippen LogP contribution in [0, 0.1) is 0 Å². The molecular weight excluding hydrogens is 195 g/mol. The Morgan fingerprint density at radius 1 is 1.33 bits per heavy atom. The lowest BCUT2D eigenvalue weighted by atomic mass is 10.1. The molecule has 0 saturated carbocycles. The van der Waals surface area contributed by atoms with E-state index in [1.54, 1.807) is 38.1 Å². The molecule has 82 valence electrons. The summed E-state index contributed by atoms with van der Waals surface area (Å²) in [6.45, 7) is 2.78. The normalized spacial score (nSPS) is 11.1. The van der Waals surface area contributed by atoms with Gasteiger partial charge in [-0.05, 0) is 26.0 Å². The standard InChI is InChI=1S/C11H15FN2O/c1-11(2,8-12)14-13-10(15)9-6-4-3-5-7-9/h3-7,14H,8H2,1-2H3,(H,13,15). The second kappa shape index (κ2) is 4.89. The van der Waals surface area contributed by atoms with Crippen molar-refractivity contribution in [3.63, 3.8) is 0 Å². The summed E-state index contributed by atoms with van der Waals surface area (Å²) < 4.78 is 12.4. The van der Waals surface area contributed by atoms with Crippen molar-refractivity contribution in [3.8, 4) is 0 Å². The zero-order valence-corrected chi connectivity index (χ0v) is 8.88. The van der Waals surface area contributed by atoms with E-state index in [1.165, 1.54) is 0 Å². The second-order valence-corrected chi connectivity index (χ2v) is 3.96. The fourth-order valence-electron chi connectivity index (χ4n) is 0.921. The van der Waals surface area contributed by atoms with Crippen molar-refractivity contribution in [2.45, 2.75) is 19.4 Å². The molecule has 0 spiro atoms. The number of carbonyl (C=O) groups excluding carboxylic acids is 1. The number of carbonyl (C=O) groups is 1. The van der Waals surface area contributed by atoms with Crippen molar-refractivity contribution in [3.05, 3.63) is 35.9 Å². The number of alkyl halides is 1. The molecule has 1 aromatic rings. The smallest absolute Gasteiger partial charge is 0.265 e. The Labute approximate surface area is 88.7 Å². The SMILES string of the molecule is CC(C)(CF)NNC(=O)c1ccccc1. The molecule has 0 fully saturated rings. The second-order valence-electron chi connectivity index (χ2n) is 3.96. The molecule has 0 atom stereocenters. The molecule has 0 aliphatic carbocycles. The van der Waals surface area contributed by atoms with E-state index >= 15 is 0 Å². The van der Waals surface area contributed by atoms with Crippen LogP contribution < -0.4 is 10.9 Å². The topological polar surface area (TPSA) is 41.1 Å². The van der Waals surface area contributed by atoms with Crippen LogP contribution in [0.15, 0.2) is 30.3 Å². The van der Waals surface area contributed by atoms with Gasteiger partial charge in [-0.2, -0.15) is 0 Å². The highest BCUT2D eigenvalue weighted by atomic mass is 19.1. The van der Waals surface area contributed by atoms with E-state index in [-0.39, 0.29) is 5.91 Å². The number of hydrogen-bond acceptors (Lipinski definition) is 2. The lowest BCUT2D eigenvalue weighted by Crippen LogP contribution is -2.51. The molecular formula is C11H15FN2O. The predicted octanol–water partition coefficient (Wildman–Crippen LogP) is 1.67. The van der Waals surface area contributed by atoms with Crippen LogP contribution in [0.4, 0.5) is 4.39 Å². The Morgan fingerprint density at radius 3 is 2.47 bits per heavy atom. The van der Waals surface area contributed by atoms with E-state index in [2.05, 4.69) is 10.9 Å². The Bertz CT molecular complexity index is 325. The van der Waals surface area contributed by atoms with Gasteiger partial charge in [0.15, 0.2) is 0 Å². The molecule has 3 nitrogen and oxygen atoms in total. The Hall–Kier alpha value is -1.42. The maximum Gasteiger partial charge on any atom is 0.265 e. The summed E-state index contributed by atoms with van der Waals surface area (Å²) >= 11 is 0. The van der Waals surface area contributed by atoms with E-state index in [1.807, 2.05) is 6.07 Å². The van der Waals surface area contributed by atoms with Crippen LogP contribution in [-0.4, -0.2) is 18.1 Å². The molecule has 0 heterocycles. The zero-order valence-electron chi connectivity index (χ0n) is 8.88. The lowest BCUT2D eigenvalue weighted by Gasteiger charge is -2.22. The maximum absolute atomic E-state index is 12.4. The van der Waals surface area contributed by atoms with E-state index < -0.39 is 12.2 Å². The minimum absolute atomic E-state index is 0.267. The summed E-state index contributed by atoms with van der Waals surface area (Å²) in [6, 6.07) is 8.76. The van der Waals surface area contributed by atoms with Crippen molar-refractivity contribution < 1.29 is 9.18 Å². The van der Waals surface area contributed by atoms with Gasteiger partial charge in [-0.3, -0.25) is 10.2 Å². The van der Waals surface area contributed by atoms with Crippen molar-refractivity contribution in [1.29, 1.82) is 0 Å². The fraction of sp³-hybridized carbons (Fsp3) is 0.364. The minimum Gasteiger partial charge on any atom is -0.287 e. The van der Waals surface area contributed by atoms with Crippen LogP contribution in [0.1, 0.15) is 24.2 Å². The van der Waals surface area contributed by atoms with Gasteiger partial charge < -0.3 is 0 Å². The molecule has 0 radical (unpaired) electrons. The van der Waals surface area contributed by atoms with Crippen LogP contribution in [0.25, 0.3) is 0 Å². The first-order chi connectivity index (χ1) is 7.05. The number of rotatable bonds is 4. The highest BCUT2D eigenvalue weighted by Crippen LogP contribution is 2.01. The molecule has 0 aromatic heterocycles. The van der Waals surface area contributed by atoms with Crippen LogP contribution >= 0.6 is 0 Å². The zero-order chi connectivity index (χ0) is 11.3. The first kappa shape index (κ1) is 11.7. The third-order valence-electron chi connectivity index (χ3n) is 1.88. The molecule has 0 unspecified atom stereocenters. The van der Waals surface area contributed by atoms with E-state index in [0.717, 1.165) is 0 Å². The van der Waals surface area contributed by atoms with Gasteiger partial charge in [-0.1, -0.05) is 18.2 Å². The van der Waals surface area contributed by atoms with Gasteiger partial charge in [0, 0.05) is 5.56 Å². The van der Waals surface area contributed by atoms with Crippen molar-refractivity contribution in [2.75, 3.05) is 6.67 Å². The Kier molecular flexibility index (Phi) is 3.80. The van der Waals surface area contributed by atoms with Gasteiger partial charge in [0.1, 0.15) is 6.67 Å². The Balaban J connectivity index is 2.51. The van der Waals surface area contributed by atoms with Crippen molar-refractivity contribution in [1.82, 2.24) is 10.9 Å². The fourth-order valence-corrected chi connectivity index (χ4v) is 0.921. The number of hydrogen-bond donors (Lipinski definition) is 2. The minimum atomic E-state index is -0.746. The average molecular weight is 210 g/mol. The van der Waals surface area contributed by atoms with Gasteiger partial charge >= 0.3 is 0 Å². The molecule has 0 aliphatic heterocycles. The number of halogens is 1. The highest BCUT2D eigenvalue weighted by Gasteiger charge is 2.17. The summed E-state index contributed by atoms with van der Waals surface area (Å²) in [5, 5.41) is 0. The molecule has 15 heavy (non-hydrogen) atoms. The van der Waals surface area contributed by atoms with Crippen LogP contribution in [0.2, 0.25) is 0 Å². The molecule has 0 aliphatic rings. The summed E-state index contributed by atoms with van der Waals surface area (Å²) in [5.74, 6) is -0.267. The van der Waals surface area contributed by atoms with E-state index in [9.17, 15) is 9.18 Å². The van der Waals surface area contributed by atoms with Crippen LogP contribution in [0.3, 0.4) is 0 Å². The molecule has 0 saturated heterocycles. The van der Waals surface area contributed by atoms with E-state index in [0.29, 0.717) is 5.56 Å². The van der Waals surface area contributed by atoms with Gasteiger partial charge in [0.2, 0.25) is 0 Å². The highest BCUT2D eigenvalue weighted by molar-refractivity contribution is 5.93. The summed E-state index contributed by atoms with van der Waals surface area (Å²) in [6.07, 6.45) is 0. The molecule has 1 aromatic carbocycles. The molecule has 2 N–H and O–H groups in total. The first-order valence-electron chi connectivity index (χ1n) is 4.74. The van der Waals surface area contributed by atoms with Gasteiger partial charge in [-0.15, -0.1) is 0 Å². The van der Waals surface area contributed by atoms with Gasteiger partial charge in [0.05, 0.1) is 5.54 Å². The summed E-state index contributed by atoms with van der Waals surface area (Å²) in [5.41, 5.74) is 4.89. The van der Waals surface area contributed by atoms with Crippen LogP contribution in [-0.2, 0) is 0 Å². The number of benzene rings is 1. The summed E-state index contributed by atoms with van der Waals surface area (Å²) in [7, 11) is 0. The van der Waals surface area contributed by atoms with Crippen molar-refractivity contribution in [2.24, 2.45) is 0 Å². The van der Waals surface area contributed by atoms with Crippen LogP contribution in [0.5, 0.6) is 0 Å². The lowest BCUT2D eigenvalue weighted by molar-refractivity contribution is 0.0903. The average Bonchev–Trinajstić information content (AvgIpc) is 2.27. The predicted molar refractivity (Wildman–Crippen MR) is 57.1 cm³/mol. The van der Waals surface area contributed by atoms with E-state index in [4.69, 9.17) is 0 Å². The molecule has 0 bridgehead atoms. The third kappa shape index (κ3) is 3.67. The van der Waals surface area contributed by atoms with Crippen molar-refractivity contribution >= 4 is 5.91 Å². The number of amides is 1. The third-order valence-corrected chi connectivity index (χ3v) is 1.88. The maximum atomic E-state index is 12.4. The molecule has 1 amide bonds. The molecule has 1 rings (SSSR count). The number of hydrazine groups is 1. The van der Waals surface area contributed by atoms with Gasteiger partial charge in [0.25, 0.3) is 5.91 Å². The quantitative estimate of drug-likeness (QED) is 0.742. The summed E-state index contributed by atoms with van der Waals surface area (Å²) in [4.78, 5) is 11.5.